The molecule has 0 aliphatic heterocycles. The molecule has 0 bridgehead atoms. The third-order valence-electron chi connectivity index (χ3n) is 3.56. The molecule has 1 aromatic carbocycles. The van der Waals surface area contributed by atoms with Crippen molar-refractivity contribution in [3.05, 3.63) is 54.1 Å². The second-order valence-electron chi connectivity index (χ2n) is 5.51. The van der Waals surface area contributed by atoms with Crippen LogP contribution in [-0.2, 0) is 13.6 Å². The Bertz CT molecular complexity index is 669. The zero-order valence-electron chi connectivity index (χ0n) is 14.5. The first-order valence-electron chi connectivity index (χ1n) is 8.08. The summed E-state index contributed by atoms with van der Waals surface area (Å²) < 4.78 is 20.7. The first kappa shape index (κ1) is 17.8. The number of rotatable bonds is 7. The van der Waals surface area contributed by atoms with Crippen LogP contribution < -0.4 is 10.1 Å². The van der Waals surface area contributed by atoms with E-state index >= 15 is 0 Å². The monoisotopic (exact) mass is 332 g/mol. The Labute approximate surface area is 142 Å². The van der Waals surface area contributed by atoms with Gasteiger partial charge in [-0.1, -0.05) is 6.07 Å². The highest BCUT2D eigenvalue weighted by molar-refractivity contribution is 5.79. The maximum atomic E-state index is 13.1. The number of nitrogens with one attached hydrogen (secondary N) is 1. The third-order valence-corrected chi connectivity index (χ3v) is 3.56. The van der Waals surface area contributed by atoms with Gasteiger partial charge in [-0.25, -0.2) is 9.38 Å². The molecule has 0 aliphatic carbocycles. The van der Waals surface area contributed by atoms with E-state index in [1.54, 1.807) is 12.1 Å². The van der Waals surface area contributed by atoms with E-state index in [1.165, 1.54) is 17.8 Å². The number of guanidine groups is 1. The van der Waals surface area contributed by atoms with Gasteiger partial charge in [0.2, 0.25) is 0 Å². The van der Waals surface area contributed by atoms with Crippen molar-refractivity contribution in [2.24, 2.45) is 12.0 Å². The molecule has 24 heavy (non-hydrogen) atoms. The second kappa shape index (κ2) is 8.96. The lowest BCUT2D eigenvalue weighted by atomic mass is 10.3. The topological polar surface area (TPSA) is 41.8 Å². The van der Waals surface area contributed by atoms with Crippen molar-refractivity contribution >= 4 is 5.96 Å². The number of nitrogens with zero attached hydrogens (tertiary/aromatic N) is 3. The van der Waals surface area contributed by atoms with Crippen LogP contribution in [0.15, 0.2) is 47.6 Å². The first-order valence-corrected chi connectivity index (χ1v) is 8.08. The Morgan fingerprint density at radius 1 is 1.33 bits per heavy atom. The SMILES string of the molecule is CCNC(=NCCOc1cccc(F)c1)N(C)Cc1cccn1C. The van der Waals surface area contributed by atoms with Gasteiger partial charge in [0, 0.05) is 38.6 Å². The van der Waals surface area contributed by atoms with Gasteiger partial charge in [-0.15, -0.1) is 0 Å². The summed E-state index contributed by atoms with van der Waals surface area (Å²) in [4.78, 5) is 6.63. The van der Waals surface area contributed by atoms with Gasteiger partial charge in [0.25, 0.3) is 0 Å². The molecule has 130 valence electrons. The van der Waals surface area contributed by atoms with Crippen molar-refractivity contribution in [3.8, 4) is 5.75 Å². The summed E-state index contributed by atoms with van der Waals surface area (Å²) in [5.74, 6) is 1.04. The highest BCUT2D eigenvalue weighted by Gasteiger charge is 2.08. The van der Waals surface area contributed by atoms with E-state index < -0.39 is 0 Å². The number of hydrogen-bond acceptors (Lipinski definition) is 2. The number of benzene rings is 1. The summed E-state index contributed by atoms with van der Waals surface area (Å²) in [7, 11) is 4.03. The molecule has 0 spiro atoms. The molecule has 0 atom stereocenters. The molecule has 0 fully saturated rings. The van der Waals surface area contributed by atoms with Crippen molar-refractivity contribution in [3.63, 3.8) is 0 Å². The van der Waals surface area contributed by atoms with E-state index in [2.05, 4.69) is 25.8 Å². The number of hydrogen-bond donors (Lipinski definition) is 1. The highest BCUT2D eigenvalue weighted by Crippen LogP contribution is 2.11. The van der Waals surface area contributed by atoms with Crippen LogP contribution in [0.2, 0.25) is 0 Å². The van der Waals surface area contributed by atoms with Crippen LogP contribution in [-0.4, -0.2) is 42.2 Å². The van der Waals surface area contributed by atoms with Crippen molar-refractivity contribution in [2.45, 2.75) is 13.5 Å². The van der Waals surface area contributed by atoms with Gasteiger partial charge < -0.3 is 19.5 Å². The maximum Gasteiger partial charge on any atom is 0.194 e. The summed E-state index contributed by atoms with van der Waals surface area (Å²) in [6.07, 6.45) is 2.03. The molecule has 0 saturated heterocycles. The number of ether oxygens (including phenoxy) is 1. The minimum absolute atomic E-state index is 0.299. The van der Waals surface area contributed by atoms with E-state index in [4.69, 9.17) is 4.74 Å². The second-order valence-corrected chi connectivity index (χ2v) is 5.51. The van der Waals surface area contributed by atoms with Crippen LogP contribution in [0.4, 0.5) is 4.39 Å². The standard InChI is InChI=1S/C18H25FN4O/c1-4-20-18(23(3)14-16-8-6-11-22(16)2)21-10-12-24-17-9-5-7-15(19)13-17/h5-9,11,13H,4,10,12,14H2,1-3H3,(H,20,21). The summed E-state index contributed by atoms with van der Waals surface area (Å²) in [5, 5.41) is 3.27. The Hall–Kier alpha value is -2.50. The fourth-order valence-corrected chi connectivity index (χ4v) is 2.32. The normalized spacial score (nSPS) is 11.4. The Morgan fingerprint density at radius 3 is 2.83 bits per heavy atom. The van der Waals surface area contributed by atoms with Gasteiger partial charge in [-0.05, 0) is 31.2 Å². The zero-order valence-corrected chi connectivity index (χ0v) is 14.5. The fourth-order valence-electron chi connectivity index (χ4n) is 2.32. The van der Waals surface area contributed by atoms with Gasteiger partial charge >= 0.3 is 0 Å². The van der Waals surface area contributed by atoms with E-state index in [-0.39, 0.29) is 5.82 Å². The number of halogens is 1. The molecule has 1 aromatic heterocycles. The van der Waals surface area contributed by atoms with E-state index in [1.807, 2.05) is 33.3 Å². The minimum atomic E-state index is -0.299. The Kier molecular flexibility index (Phi) is 6.66. The predicted molar refractivity (Wildman–Crippen MR) is 94.8 cm³/mol. The molecule has 0 amide bonds. The summed E-state index contributed by atoms with van der Waals surface area (Å²) >= 11 is 0. The molecule has 5 nitrogen and oxygen atoms in total. The smallest absolute Gasteiger partial charge is 0.194 e. The van der Waals surface area contributed by atoms with Crippen molar-refractivity contribution in [2.75, 3.05) is 26.7 Å². The molecular weight excluding hydrogens is 307 g/mol. The molecule has 2 aromatic rings. The van der Waals surface area contributed by atoms with Gasteiger partial charge in [0.15, 0.2) is 5.96 Å². The average Bonchev–Trinajstić information content (AvgIpc) is 2.95. The quantitative estimate of drug-likeness (QED) is 0.481. The largest absolute Gasteiger partial charge is 0.492 e. The zero-order chi connectivity index (χ0) is 17.4. The van der Waals surface area contributed by atoms with Crippen LogP contribution in [0, 0.1) is 5.82 Å². The van der Waals surface area contributed by atoms with Crippen LogP contribution >= 0.6 is 0 Å². The van der Waals surface area contributed by atoms with Crippen molar-refractivity contribution in [1.82, 2.24) is 14.8 Å². The number of aromatic nitrogens is 1. The molecule has 0 unspecified atom stereocenters. The maximum absolute atomic E-state index is 13.1. The number of aliphatic imine (C=N–C) groups is 1. The summed E-state index contributed by atoms with van der Waals surface area (Å²) in [5.41, 5.74) is 1.21. The minimum Gasteiger partial charge on any atom is -0.492 e. The third kappa shape index (κ3) is 5.30. The van der Waals surface area contributed by atoms with Gasteiger partial charge in [0.05, 0.1) is 13.1 Å². The van der Waals surface area contributed by atoms with Gasteiger partial charge in [0.1, 0.15) is 18.2 Å². The molecule has 1 N–H and O–H groups in total. The highest BCUT2D eigenvalue weighted by atomic mass is 19.1. The summed E-state index contributed by atoms with van der Waals surface area (Å²) in [6, 6.07) is 10.3. The number of aryl methyl sites for hydroxylation is 1. The molecule has 1 heterocycles. The Morgan fingerprint density at radius 2 is 2.17 bits per heavy atom. The van der Waals surface area contributed by atoms with Crippen molar-refractivity contribution < 1.29 is 9.13 Å². The van der Waals surface area contributed by atoms with Crippen LogP contribution in [0.3, 0.4) is 0 Å². The Balaban J connectivity index is 1.88. The van der Waals surface area contributed by atoms with E-state index in [9.17, 15) is 4.39 Å². The van der Waals surface area contributed by atoms with E-state index in [0.717, 1.165) is 19.0 Å². The summed E-state index contributed by atoms with van der Waals surface area (Å²) in [6.45, 7) is 4.49. The molecule has 0 radical (unpaired) electrons. The lowest BCUT2D eigenvalue weighted by Crippen LogP contribution is -2.39. The molecule has 0 aliphatic rings. The van der Waals surface area contributed by atoms with Crippen molar-refractivity contribution in [1.29, 1.82) is 0 Å². The molecule has 0 saturated carbocycles. The van der Waals surface area contributed by atoms with Crippen LogP contribution in [0.1, 0.15) is 12.6 Å². The lowest BCUT2D eigenvalue weighted by molar-refractivity contribution is 0.325. The van der Waals surface area contributed by atoms with E-state index in [0.29, 0.717) is 18.9 Å². The molecular formula is C18H25FN4O. The van der Waals surface area contributed by atoms with Crippen LogP contribution in [0.5, 0.6) is 5.75 Å². The average molecular weight is 332 g/mol. The predicted octanol–water partition coefficient (Wildman–Crippen LogP) is 2.64. The fraction of sp³-hybridized carbons (Fsp3) is 0.389. The molecule has 6 heteroatoms. The van der Waals surface area contributed by atoms with Crippen LogP contribution in [0.25, 0.3) is 0 Å². The molecule has 2 rings (SSSR count). The van der Waals surface area contributed by atoms with Gasteiger partial charge in [-0.2, -0.15) is 0 Å². The first-order chi connectivity index (χ1) is 11.6. The lowest BCUT2D eigenvalue weighted by Gasteiger charge is -2.22. The van der Waals surface area contributed by atoms with Gasteiger partial charge in [-0.3, -0.25) is 0 Å².